The summed E-state index contributed by atoms with van der Waals surface area (Å²) >= 11 is 5.89. The molecule has 0 aliphatic carbocycles. The normalized spacial score (nSPS) is 10.6. The van der Waals surface area contributed by atoms with E-state index in [2.05, 4.69) is 15.4 Å². The van der Waals surface area contributed by atoms with Gasteiger partial charge in [-0.05, 0) is 30.3 Å². The zero-order valence-electron chi connectivity index (χ0n) is 8.67. The van der Waals surface area contributed by atoms with Crippen molar-refractivity contribution in [2.45, 2.75) is 13.0 Å². The van der Waals surface area contributed by atoms with Gasteiger partial charge in [0.1, 0.15) is 0 Å². The van der Waals surface area contributed by atoms with Gasteiger partial charge in [0.05, 0.1) is 6.54 Å². The third-order valence-electron chi connectivity index (χ3n) is 2.10. The summed E-state index contributed by atoms with van der Waals surface area (Å²) in [5, 5.41) is 12.8. The summed E-state index contributed by atoms with van der Waals surface area (Å²) in [7, 11) is 0. The number of halogens is 1. The molecule has 2 N–H and O–H groups in total. The Morgan fingerprint density at radius 3 is 3.00 bits per heavy atom. The van der Waals surface area contributed by atoms with E-state index < -0.39 is 0 Å². The van der Waals surface area contributed by atoms with E-state index in [1.54, 1.807) is 4.80 Å². The van der Waals surface area contributed by atoms with E-state index in [9.17, 15) is 0 Å². The molecule has 0 aliphatic heterocycles. The molecule has 0 radical (unpaired) electrons. The van der Waals surface area contributed by atoms with E-state index in [1.165, 1.54) is 0 Å². The topological polar surface area (TPSA) is 69.6 Å². The molecule has 0 aliphatic rings. The first-order chi connectivity index (χ1) is 7.79. The molecule has 1 aromatic heterocycles. The van der Waals surface area contributed by atoms with Crippen LogP contribution in [0.15, 0.2) is 24.3 Å². The lowest BCUT2D eigenvalue weighted by Crippen LogP contribution is -2.08. The summed E-state index contributed by atoms with van der Waals surface area (Å²) in [6.07, 6.45) is 0.839. The van der Waals surface area contributed by atoms with Crippen LogP contribution in [0.1, 0.15) is 6.42 Å². The highest BCUT2D eigenvalue weighted by Crippen LogP contribution is 2.18. The average Bonchev–Trinajstić information content (AvgIpc) is 2.75. The van der Waals surface area contributed by atoms with Crippen LogP contribution in [-0.2, 0) is 6.54 Å². The standard InChI is InChI=1S/C10H12ClN5/c11-9-4-1-3-8(7-9)10-13-15-16(14-10)6-2-5-12/h1,3-4,7H,2,5-6,12H2. The van der Waals surface area contributed by atoms with Gasteiger partial charge in [-0.1, -0.05) is 23.7 Å². The maximum atomic E-state index is 5.89. The van der Waals surface area contributed by atoms with Gasteiger partial charge in [0.25, 0.3) is 0 Å². The van der Waals surface area contributed by atoms with Gasteiger partial charge in [-0.15, -0.1) is 10.2 Å². The molecule has 0 bridgehead atoms. The van der Waals surface area contributed by atoms with E-state index >= 15 is 0 Å². The number of benzene rings is 1. The summed E-state index contributed by atoms with van der Waals surface area (Å²) in [4.78, 5) is 1.54. The summed E-state index contributed by atoms with van der Waals surface area (Å²) in [6, 6.07) is 7.38. The fraction of sp³-hybridized carbons (Fsp3) is 0.300. The van der Waals surface area contributed by atoms with Gasteiger partial charge in [-0.25, -0.2) is 0 Å². The van der Waals surface area contributed by atoms with Gasteiger partial charge >= 0.3 is 0 Å². The van der Waals surface area contributed by atoms with Gasteiger partial charge in [0, 0.05) is 10.6 Å². The first-order valence-electron chi connectivity index (χ1n) is 5.03. The molecule has 1 aromatic carbocycles. The number of hydrogen-bond donors (Lipinski definition) is 1. The zero-order chi connectivity index (χ0) is 11.4. The Bertz CT molecular complexity index is 468. The van der Waals surface area contributed by atoms with Crippen LogP contribution in [0.5, 0.6) is 0 Å². The second kappa shape index (κ2) is 5.05. The van der Waals surface area contributed by atoms with E-state index in [0.29, 0.717) is 23.9 Å². The smallest absolute Gasteiger partial charge is 0.204 e. The summed E-state index contributed by atoms with van der Waals surface area (Å²) in [5.41, 5.74) is 6.27. The number of nitrogens with zero attached hydrogens (tertiary/aromatic N) is 4. The predicted octanol–water partition coefficient (Wildman–Crippen LogP) is 1.34. The summed E-state index contributed by atoms with van der Waals surface area (Å²) in [5.74, 6) is 0.583. The van der Waals surface area contributed by atoms with Gasteiger partial charge < -0.3 is 5.73 Å². The Balaban J connectivity index is 2.18. The minimum atomic E-state index is 0.583. The number of aromatic nitrogens is 4. The van der Waals surface area contributed by atoms with Crippen molar-refractivity contribution in [3.05, 3.63) is 29.3 Å². The zero-order valence-corrected chi connectivity index (χ0v) is 9.43. The number of rotatable bonds is 4. The molecule has 1 heterocycles. The Morgan fingerprint density at radius 1 is 1.38 bits per heavy atom. The van der Waals surface area contributed by atoms with E-state index in [0.717, 1.165) is 12.0 Å². The highest BCUT2D eigenvalue weighted by Gasteiger charge is 2.05. The van der Waals surface area contributed by atoms with Crippen molar-refractivity contribution in [3.63, 3.8) is 0 Å². The average molecular weight is 238 g/mol. The summed E-state index contributed by atoms with van der Waals surface area (Å²) in [6.45, 7) is 1.30. The van der Waals surface area contributed by atoms with Crippen LogP contribution in [0.4, 0.5) is 0 Å². The van der Waals surface area contributed by atoms with Crippen molar-refractivity contribution >= 4 is 11.6 Å². The van der Waals surface area contributed by atoms with Crippen LogP contribution in [0.25, 0.3) is 11.4 Å². The lowest BCUT2D eigenvalue weighted by atomic mass is 10.2. The number of hydrogen-bond acceptors (Lipinski definition) is 4. The molecule has 16 heavy (non-hydrogen) atoms. The molecule has 0 saturated carbocycles. The molecule has 5 nitrogen and oxygen atoms in total. The molecule has 0 amide bonds. The Labute approximate surface area is 98.2 Å². The lowest BCUT2D eigenvalue weighted by Gasteiger charge is -1.95. The van der Waals surface area contributed by atoms with Crippen LogP contribution in [-0.4, -0.2) is 26.8 Å². The van der Waals surface area contributed by atoms with E-state index in [4.69, 9.17) is 17.3 Å². The minimum absolute atomic E-state index is 0.583. The second-order valence-electron chi connectivity index (χ2n) is 3.36. The number of aryl methyl sites for hydroxylation is 1. The predicted molar refractivity (Wildman–Crippen MR) is 61.9 cm³/mol. The molecule has 0 unspecified atom stereocenters. The highest BCUT2D eigenvalue weighted by atomic mass is 35.5. The molecule has 0 atom stereocenters. The van der Waals surface area contributed by atoms with Gasteiger partial charge in [0.15, 0.2) is 0 Å². The SMILES string of the molecule is NCCCn1nnc(-c2cccc(Cl)c2)n1. The molecule has 84 valence electrons. The van der Waals surface area contributed by atoms with E-state index in [1.807, 2.05) is 24.3 Å². The molecule has 6 heteroatoms. The van der Waals surface area contributed by atoms with Crippen LogP contribution >= 0.6 is 11.6 Å². The molecule has 0 saturated heterocycles. The Morgan fingerprint density at radius 2 is 2.25 bits per heavy atom. The van der Waals surface area contributed by atoms with Crippen molar-refractivity contribution < 1.29 is 0 Å². The first-order valence-corrected chi connectivity index (χ1v) is 5.41. The maximum Gasteiger partial charge on any atom is 0.204 e. The third-order valence-corrected chi connectivity index (χ3v) is 2.33. The van der Waals surface area contributed by atoms with Crippen molar-refractivity contribution in [2.75, 3.05) is 6.54 Å². The largest absolute Gasteiger partial charge is 0.330 e. The summed E-state index contributed by atoms with van der Waals surface area (Å²) < 4.78 is 0. The van der Waals surface area contributed by atoms with Crippen molar-refractivity contribution in [1.82, 2.24) is 20.2 Å². The molecule has 2 rings (SSSR count). The molecule has 0 spiro atoms. The number of nitrogens with two attached hydrogens (primary N) is 1. The van der Waals surface area contributed by atoms with Gasteiger partial charge in [-0.3, -0.25) is 0 Å². The van der Waals surface area contributed by atoms with Crippen LogP contribution in [0.3, 0.4) is 0 Å². The first kappa shape index (κ1) is 11.0. The Kier molecular flexibility index (Phi) is 3.48. The fourth-order valence-corrected chi connectivity index (χ4v) is 1.50. The van der Waals surface area contributed by atoms with Gasteiger partial charge in [0.2, 0.25) is 5.82 Å². The van der Waals surface area contributed by atoms with Crippen molar-refractivity contribution in [2.24, 2.45) is 5.73 Å². The minimum Gasteiger partial charge on any atom is -0.330 e. The third kappa shape index (κ3) is 2.56. The Hall–Kier alpha value is -1.46. The van der Waals surface area contributed by atoms with E-state index in [-0.39, 0.29) is 0 Å². The maximum absolute atomic E-state index is 5.89. The van der Waals surface area contributed by atoms with Crippen molar-refractivity contribution in [1.29, 1.82) is 0 Å². The van der Waals surface area contributed by atoms with Crippen LogP contribution in [0, 0.1) is 0 Å². The molecule has 0 fully saturated rings. The molecular weight excluding hydrogens is 226 g/mol. The molecular formula is C10H12ClN5. The van der Waals surface area contributed by atoms with Crippen LogP contribution in [0.2, 0.25) is 5.02 Å². The quantitative estimate of drug-likeness (QED) is 0.871. The van der Waals surface area contributed by atoms with Gasteiger partial charge in [-0.2, -0.15) is 4.80 Å². The number of tetrazole rings is 1. The molecule has 2 aromatic rings. The second-order valence-corrected chi connectivity index (χ2v) is 3.80. The monoisotopic (exact) mass is 237 g/mol. The van der Waals surface area contributed by atoms with Crippen LogP contribution < -0.4 is 5.73 Å². The lowest BCUT2D eigenvalue weighted by molar-refractivity contribution is 0.504. The van der Waals surface area contributed by atoms with Crippen molar-refractivity contribution in [3.8, 4) is 11.4 Å². The fourth-order valence-electron chi connectivity index (χ4n) is 1.31. The highest BCUT2D eigenvalue weighted by molar-refractivity contribution is 6.30.